The average Bonchev–Trinajstić information content (AvgIpc) is 3.12. The number of rotatable bonds is 7. The van der Waals surface area contributed by atoms with E-state index < -0.39 is 0 Å². The van der Waals surface area contributed by atoms with E-state index in [1.807, 2.05) is 0 Å². The summed E-state index contributed by atoms with van der Waals surface area (Å²) < 4.78 is 5.79. The van der Waals surface area contributed by atoms with E-state index in [2.05, 4.69) is 45.4 Å². The van der Waals surface area contributed by atoms with Gasteiger partial charge in [-0.05, 0) is 23.5 Å². The first-order valence-corrected chi connectivity index (χ1v) is 8.81. The van der Waals surface area contributed by atoms with Gasteiger partial charge in [-0.1, -0.05) is 35.5 Å². The van der Waals surface area contributed by atoms with Crippen LogP contribution in [0.25, 0.3) is 0 Å². The number of carbonyl (C=O) groups excluding carboxylic acids is 1. The van der Waals surface area contributed by atoms with Crippen LogP contribution in [0.5, 0.6) is 5.88 Å². The number of hydrogen-bond donors (Lipinski definition) is 1. The zero-order valence-electron chi connectivity index (χ0n) is 14.8. The summed E-state index contributed by atoms with van der Waals surface area (Å²) in [4.78, 5) is 18.2. The molecule has 7 heteroatoms. The SMILES string of the molecule is Cl.O=C(C=NO)c1ccc(OCC2[C@H]3CN(Cc4ccccc4)C[C@@H]23)nc1. The minimum absolute atomic E-state index is 0. The van der Waals surface area contributed by atoms with Crippen molar-refractivity contribution >= 4 is 24.4 Å². The zero-order valence-corrected chi connectivity index (χ0v) is 15.6. The first-order chi connectivity index (χ1) is 12.7. The molecule has 27 heavy (non-hydrogen) atoms. The Morgan fingerprint density at radius 2 is 1.96 bits per heavy atom. The number of Topliss-reactive ketones (excluding diaryl/α,β-unsaturated/α-hetero) is 1. The molecule has 2 fully saturated rings. The molecular weight excluding hydrogens is 366 g/mol. The first-order valence-electron chi connectivity index (χ1n) is 8.81. The molecule has 1 aliphatic carbocycles. The van der Waals surface area contributed by atoms with Gasteiger partial charge in [-0.25, -0.2) is 4.98 Å². The van der Waals surface area contributed by atoms with Gasteiger partial charge in [0.15, 0.2) is 0 Å². The molecule has 0 radical (unpaired) electrons. The van der Waals surface area contributed by atoms with Gasteiger partial charge < -0.3 is 9.94 Å². The molecule has 3 atom stereocenters. The number of hydrogen-bond acceptors (Lipinski definition) is 6. The van der Waals surface area contributed by atoms with Gasteiger partial charge in [0.2, 0.25) is 11.7 Å². The summed E-state index contributed by atoms with van der Waals surface area (Å²) in [6, 6.07) is 13.9. The second kappa shape index (κ2) is 8.50. The van der Waals surface area contributed by atoms with E-state index in [4.69, 9.17) is 9.94 Å². The number of aromatic nitrogens is 1. The van der Waals surface area contributed by atoms with Crippen molar-refractivity contribution in [1.29, 1.82) is 0 Å². The maximum absolute atomic E-state index is 11.5. The van der Waals surface area contributed by atoms with Crippen LogP contribution in [0.3, 0.4) is 0 Å². The Morgan fingerprint density at radius 3 is 2.59 bits per heavy atom. The van der Waals surface area contributed by atoms with Crippen molar-refractivity contribution in [3.05, 3.63) is 59.8 Å². The van der Waals surface area contributed by atoms with Crippen molar-refractivity contribution in [2.75, 3.05) is 19.7 Å². The van der Waals surface area contributed by atoms with Crippen LogP contribution in [0.2, 0.25) is 0 Å². The van der Waals surface area contributed by atoms with Gasteiger partial charge in [0.05, 0.1) is 6.61 Å². The third-order valence-corrected chi connectivity index (χ3v) is 5.32. The lowest BCUT2D eigenvalue weighted by molar-refractivity contribution is 0.106. The van der Waals surface area contributed by atoms with E-state index in [1.54, 1.807) is 12.1 Å². The summed E-state index contributed by atoms with van der Waals surface area (Å²) in [5, 5.41) is 11.1. The molecule has 6 nitrogen and oxygen atoms in total. The molecular formula is C20H22ClN3O3. The topological polar surface area (TPSA) is 75.0 Å². The molecule has 142 valence electrons. The van der Waals surface area contributed by atoms with Gasteiger partial charge in [0.1, 0.15) is 6.21 Å². The first kappa shape index (κ1) is 19.3. The molecule has 1 saturated carbocycles. The molecule has 1 aliphatic heterocycles. The largest absolute Gasteiger partial charge is 0.477 e. The minimum Gasteiger partial charge on any atom is -0.477 e. The van der Waals surface area contributed by atoms with E-state index in [-0.39, 0.29) is 18.2 Å². The lowest BCUT2D eigenvalue weighted by atomic mass is 10.2. The number of benzene rings is 1. The number of fused-ring (bicyclic) bond motifs is 1. The van der Waals surface area contributed by atoms with Gasteiger partial charge in [-0.3, -0.25) is 9.69 Å². The lowest BCUT2D eigenvalue weighted by Gasteiger charge is -2.19. The van der Waals surface area contributed by atoms with Crippen molar-refractivity contribution in [3.8, 4) is 5.88 Å². The van der Waals surface area contributed by atoms with Crippen molar-refractivity contribution in [1.82, 2.24) is 9.88 Å². The summed E-state index contributed by atoms with van der Waals surface area (Å²) in [5.41, 5.74) is 1.74. The predicted molar refractivity (Wildman–Crippen MR) is 104 cm³/mol. The molecule has 2 aromatic rings. The van der Waals surface area contributed by atoms with Gasteiger partial charge in [-0.15, -0.1) is 12.4 Å². The molecule has 1 N–H and O–H groups in total. The molecule has 2 heterocycles. The maximum atomic E-state index is 11.5. The summed E-state index contributed by atoms with van der Waals surface area (Å²) in [6.45, 7) is 3.96. The molecule has 0 spiro atoms. The van der Waals surface area contributed by atoms with Crippen LogP contribution in [0.1, 0.15) is 15.9 Å². The quantitative estimate of drug-likeness (QED) is 0.342. The number of ketones is 1. The Balaban J connectivity index is 0.00000210. The molecule has 1 aromatic heterocycles. The summed E-state index contributed by atoms with van der Waals surface area (Å²) in [7, 11) is 0. The summed E-state index contributed by atoms with van der Waals surface area (Å²) >= 11 is 0. The zero-order chi connectivity index (χ0) is 17.9. The number of oxime groups is 1. The summed E-state index contributed by atoms with van der Waals surface area (Å²) in [5.74, 6) is 2.18. The van der Waals surface area contributed by atoms with Gasteiger partial charge >= 0.3 is 0 Å². The van der Waals surface area contributed by atoms with Crippen LogP contribution in [-0.2, 0) is 6.54 Å². The normalized spacial score (nSPS) is 23.6. The number of likely N-dealkylation sites (tertiary alicyclic amines) is 1. The fraction of sp³-hybridized carbons (Fsp3) is 0.350. The second-order valence-electron chi connectivity index (χ2n) is 6.98. The molecule has 1 saturated heterocycles. The number of piperidine rings is 1. The van der Waals surface area contributed by atoms with Crippen LogP contribution < -0.4 is 4.74 Å². The van der Waals surface area contributed by atoms with E-state index in [0.29, 0.717) is 24.0 Å². The van der Waals surface area contributed by atoms with Crippen molar-refractivity contribution < 1.29 is 14.7 Å². The second-order valence-corrected chi connectivity index (χ2v) is 6.98. The van der Waals surface area contributed by atoms with E-state index in [9.17, 15) is 4.79 Å². The molecule has 2 aliphatic rings. The van der Waals surface area contributed by atoms with Crippen molar-refractivity contribution in [2.24, 2.45) is 22.9 Å². The molecule has 0 amide bonds. The molecule has 1 aromatic carbocycles. The third-order valence-electron chi connectivity index (χ3n) is 5.32. The number of pyridine rings is 1. The van der Waals surface area contributed by atoms with E-state index in [0.717, 1.165) is 37.7 Å². The molecule has 4 rings (SSSR count). The Hall–Kier alpha value is -2.44. The highest BCUT2D eigenvalue weighted by Crippen LogP contribution is 2.51. The number of halogens is 1. The van der Waals surface area contributed by atoms with Crippen LogP contribution >= 0.6 is 12.4 Å². The Morgan fingerprint density at radius 1 is 1.22 bits per heavy atom. The highest BCUT2D eigenvalue weighted by Gasteiger charge is 2.55. The highest BCUT2D eigenvalue weighted by molar-refractivity contribution is 6.35. The Bertz CT molecular complexity index is 786. The molecule has 0 bridgehead atoms. The van der Waals surface area contributed by atoms with Gasteiger partial charge in [0.25, 0.3) is 0 Å². The Kier molecular flexibility index (Phi) is 6.08. The van der Waals surface area contributed by atoms with Crippen LogP contribution in [-0.4, -0.2) is 46.8 Å². The standard InChI is InChI=1S/C20H21N3O3.ClH/c24-19(9-22-25)15-6-7-20(21-8-15)26-13-18-16-11-23(12-17(16)18)10-14-4-2-1-3-5-14;/h1-9,16-18,25H,10-13H2;1H/t16-,17+,18?;. The summed E-state index contributed by atoms with van der Waals surface area (Å²) in [6.07, 6.45) is 2.29. The minimum atomic E-state index is -0.387. The van der Waals surface area contributed by atoms with Crippen LogP contribution in [0, 0.1) is 17.8 Å². The number of ether oxygens (including phenoxy) is 1. The molecule has 1 unspecified atom stereocenters. The third kappa shape index (κ3) is 4.46. The maximum Gasteiger partial charge on any atom is 0.213 e. The van der Waals surface area contributed by atoms with Crippen LogP contribution in [0.15, 0.2) is 53.8 Å². The predicted octanol–water partition coefficient (Wildman–Crippen LogP) is 2.90. The highest BCUT2D eigenvalue weighted by atomic mass is 35.5. The van der Waals surface area contributed by atoms with Gasteiger partial charge in [0, 0.05) is 43.4 Å². The van der Waals surface area contributed by atoms with E-state index in [1.165, 1.54) is 11.8 Å². The Labute approximate surface area is 164 Å². The van der Waals surface area contributed by atoms with E-state index >= 15 is 0 Å². The lowest BCUT2D eigenvalue weighted by Crippen LogP contribution is -2.25. The van der Waals surface area contributed by atoms with Crippen LogP contribution in [0.4, 0.5) is 0 Å². The van der Waals surface area contributed by atoms with Crippen molar-refractivity contribution in [3.63, 3.8) is 0 Å². The number of nitrogens with zero attached hydrogens (tertiary/aromatic N) is 3. The fourth-order valence-electron chi connectivity index (χ4n) is 3.87. The fourth-order valence-corrected chi connectivity index (χ4v) is 3.87. The smallest absolute Gasteiger partial charge is 0.213 e. The van der Waals surface area contributed by atoms with Crippen molar-refractivity contribution in [2.45, 2.75) is 6.54 Å². The monoisotopic (exact) mass is 387 g/mol. The van der Waals surface area contributed by atoms with Gasteiger partial charge in [-0.2, -0.15) is 0 Å². The average molecular weight is 388 g/mol. The number of carbonyl (C=O) groups is 1.